The summed E-state index contributed by atoms with van der Waals surface area (Å²) in [5.74, 6) is 9.97. The maximum atomic E-state index is 11.6. The van der Waals surface area contributed by atoms with Gasteiger partial charge in [-0.25, -0.2) is 5.84 Å². The number of carbonyl (C=O) groups is 1. The Morgan fingerprint density at radius 3 is 2.54 bits per heavy atom. The molecule has 4 fully saturated rings. The lowest BCUT2D eigenvalue weighted by Crippen LogP contribution is -2.54. The average Bonchev–Trinajstić information content (AvgIpc) is 3.03. The van der Waals surface area contributed by atoms with Crippen molar-refractivity contribution in [3.05, 3.63) is 0 Å². The summed E-state index contributed by atoms with van der Waals surface area (Å²) in [5.41, 5.74) is 3.21. The zero-order chi connectivity index (χ0) is 20.1. The van der Waals surface area contributed by atoms with Crippen LogP contribution in [0.4, 0.5) is 0 Å². The minimum atomic E-state index is -0.0501. The van der Waals surface area contributed by atoms with Crippen LogP contribution in [0, 0.1) is 46.3 Å². The lowest BCUT2D eigenvalue weighted by Gasteiger charge is -2.61. The number of rotatable bonds is 4. The molecule has 0 saturated heterocycles. The quantitative estimate of drug-likeness (QED) is 0.378. The van der Waals surface area contributed by atoms with Gasteiger partial charge in [0.1, 0.15) is 0 Å². The van der Waals surface area contributed by atoms with Crippen LogP contribution in [0.15, 0.2) is 0 Å². The topological polar surface area (TPSA) is 75.4 Å². The van der Waals surface area contributed by atoms with Crippen molar-refractivity contribution in [3.8, 4) is 0 Å². The second kappa shape index (κ2) is 7.58. The molecule has 1 amide bonds. The highest BCUT2D eigenvalue weighted by atomic mass is 16.3. The predicted octanol–water partition coefficient (Wildman–Crippen LogP) is 4.41. The van der Waals surface area contributed by atoms with E-state index in [0.29, 0.717) is 23.2 Å². The molecule has 0 spiro atoms. The summed E-state index contributed by atoms with van der Waals surface area (Å²) in [6.45, 7) is 7.53. The van der Waals surface area contributed by atoms with Crippen molar-refractivity contribution in [2.45, 2.75) is 97.5 Å². The molecule has 0 radical (unpaired) electrons. The molecule has 4 nitrogen and oxygen atoms in total. The first-order valence-electron chi connectivity index (χ1n) is 12.0. The third kappa shape index (κ3) is 3.23. The highest BCUT2D eigenvalue weighted by Gasteiger charge is 2.60. The summed E-state index contributed by atoms with van der Waals surface area (Å²) < 4.78 is 0. The second-order valence-corrected chi connectivity index (χ2v) is 11.4. The third-order valence-electron chi connectivity index (χ3n) is 10.4. The normalized spacial score (nSPS) is 48.9. The van der Waals surface area contributed by atoms with Crippen LogP contribution < -0.4 is 11.3 Å². The summed E-state index contributed by atoms with van der Waals surface area (Å²) >= 11 is 0. The molecule has 4 aliphatic carbocycles. The van der Waals surface area contributed by atoms with Crippen molar-refractivity contribution in [2.75, 3.05) is 0 Å². The van der Waals surface area contributed by atoms with Gasteiger partial charge in [0.25, 0.3) is 0 Å². The fraction of sp³-hybridized carbons (Fsp3) is 0.958. The summed E-state index contributed by atoms with van der Waals surface area (Å²) in [4.78, 5) is 11.6. The van der Waals surface area contributed by atoms with Gasteiger partial charge in [0.2, 0.25) is 5.91 Å². The molecule has 4 aliphatic rings. The highest BCUT2D eigenvalue weighted by Crippen LogP contribution is 2.68. The fourth-order valence-electron chi connectivity index (χ4n) is 8.84. The molecule has 4 N–H and O–H groups in total. The van der Waals surface area contributed by atoms with Crippen LogP contribution in [0.2, 0.25) is 0 Å². The average molecular weight is 391 g/mol. The molecule has 0 aromatic carbocycles. The van der Waals surface area contributed by atoms with Gasteiger partial charge in [0.15, 0.2) is 0 Å². The van der Waals surface area contributed by atoms with Crippen molar-refractivity contribution in [3.63, 3.8) is 0 Å². The smallest absolute Gasteiger partial charge is 0.233 e. The van der Waals surface area contributed by atoms with Gasteiger partial charge in [0, 0.05) is 6.42 Å². The minimum Gasteiger partial charge on any atom is -0.393 e. The monoisotopic (exact) mass is 390 g/mol. The van der Waals surface area contributed by atoms with Gasteiger partial charge in [-0.1, -0.05) is 20.8 Å². The number of nitrogens with two attached hydrogens (primary N) is 1. The SMILES string of the molecule is C[C@H](CCC(=O)NN)[C@@H]1CC[C@@H]2[C@H]3CC[C@@H]4C[C@H](O)CC[C@]4(C)[C@@H]3CC[C@@]21C. The molecule has 0 aromatic heterocycles. The molecular weight excluding hydrogens is 348 g/mol. The number of aliphatic hydroxyl groups excluding tert-OH is 1. The predicted molar refractivity (Wildman–Crippen MR) is 112 cm³/mol. The largest absolute Gasteiger partial charge is 0.393 e. The minimum absolute atomic E-state index is 0.0269. The van der Waals surface area contributed by atoms with Gasteiger partial charge in [0.05, 0.1) is 6.10 Å². The molecule has 0 aromatic rings. The Balaban J connectivity index is 1.48. The number of hydrazine groups is 1. The molecule has 4 saturated carbocycles. The van der Waals surface area contributed by atoms with Gasteiger partial charge in [-0.3, -0.25) is 10.2 Å². The molecule has 0 aliphatic heterocycles. The molecule has 0 heterocycles. The number of fused-ring (bicyclic) bond motifs is 5. The molecule has 9 atom stereocenters. The van der Waals surface area contributed by atoms with E-state index in [-0.39, 0.29) is 12.0 Å². The lowest BCUT2D eigenvalue weighted by atomic mass is 9.44. The maximum absolute atomic E-state index is 11.6. The molecule has 0 bridgehead atoms. The first kappa shape index (κ1) is 20.7. The van der Waals surface area contributed by atoms with E-state index in [1.807, 2.05) is 0 Å². The lowest BCUT2D eigenvalue weighted by molar-refractivity contribution is -0.129. The van der Waals surface area contributed by atoms with Crippen LogP contribution in [-0.2, 0) is 4.79 Å². The molecule has 4 heteroatoms. The number of aliphatic hydroxyl groups is 1. The summed E-state index contributed by atoms with van der Waals surface area (Å²) in [6, 6.07) is 0. The van der Waals surface area contributed by atoms with E-state index >= 15 is 0 Å². The van der Waals surface area contributed by atoms with E-state index in [0.717, 1.165) is 48.9 Å². The van der Waals surface area contributed by atoms with Crippen LogP contribution in [0.1, 0.15) is 91.4 Å². The Hall–Kier alpha value is -0.610. The van der Waals surface area contributed by atoms with Crippen LogP contribution in [0.5, 0.6) is 0 Å². The van der Waals surface area contributed by atoms with Gasteiger partial charge < -0.3 is 5.11 Å². The number of nitrogens with one attached hydrogen (secondary N) is 1. The Morgan fingerprint density at radius 1 is 1.07 bits per heavy atom. The second-order valence-electron chi connectivity index (χ2n) is 11.4. The number of amides is 1. The van der Waals surface area contributed by atoms with Crippen LogP contribution in [-0.4, -0.2) is 17.1 Å². The Bertz CT molecular complexity index is 595. The third-order valence-corrected chi connectivity index (χ3v) is 10.4. The molecule has 4 rings (SSSR count). The number of hydrogen-bond donors (Lipinski definition) is 3. The van der Waals surface area contributed by atoms with Gasteiger partial charge >= 0.3 is 0 Å². The van der Waals surface area contributed by atoms with E-state index in [9.17, 15) is 9.90 Å². The zero-order valence-electron chi connectivity index (χ0n) is 18.3. The van der Waals surface area contributed by atoms with E-state index in [1.54, 1.807) is 0 Å². The van der Waals surface area contributed by atoms with Gasteiger partial charge in [-0.15, -0.1) is 0 Å². The zero-order valence-corrected chi connectivity index (χ0v) is 18.3. The fourth-order valence-corrected chi connectivity index (χ4v) is 8.84. The summed E-state index contributed by atoms with van der Waals surface area (Å²) in [6.07, 6.45) is 13.0. The summed E-state index contributed by atoms with van der Waals surface area (Å²) in [7, 11) is 0. The van der Waals surface area contributed by atoms with Crippen LogP contribution in [0.3, 0.4) is 0 Å². The summed E-state index contributed by atoms with van der Waals surface area (Å²) in [5, 5.41) is 10.2. The Labute approximate surface area is 171 Å². The van der Waals surface area contributed by atoms with E-state index < -0.39 is 0 Å². The van der Waals surface area contributed by atoms with Crippen LogP contribution in [0.25, 0.3) is 0 Å². The number of hydrogen-bond acceptors (Lipinski definition) is 3. The molecule has 0 unspecified atom stereocenters. The van der Waals surface area contributed by atoms with E-state index in [2.05, 4.69) is 26.2 Å². The van der Waals surface area contributed by atoms with Crippen molar-refractivity contribution < 1.29 is 9.90 Å². The highest BCUT2D eigenvalue weighted by molar-refractivity contribution is 5.75. The van der Waals surface area contributed by atoms with Gasteiger partial charge in [-0.05, 0) is 111 Å². The first-order chi connectivity index (χ1) is 13.3. The van der Waals surface area contributed by atoms with E-state index in [4.69, 9.17) is 5.84 Å². The van der Waals surface area contributed by atoms with Crippen molar-refractivity contribution in [2.24, 2.45) is 52.2 Å². The Kier molecular flexibility index (Phi) is 5.59. The van der Waals surface area contributed by atoms with Crippen LogP contribution >= 0.6 is 0 Å². The molecule has 28 heavy (non-hydrogen) atoms. The number of carbonyl (C=O) groups excluding carboxylic acids is 1. The standard InChI is InChI=1S/C24H42N2O2/c1-15(4-9-22(28)26-25)19-7-8-20-18-6-5-16-14-17(27)10-12-23(16,2)21(18)11-13-24(19,20)3/h15-21,27H,4-14,25H2,1-3H3,(H,26,28)/t15-,16-,17-,18-,19+,20-,21-,23+,24-/m1/s1. The Morgan fingerprint density at radius 2 is 1.79 bits per heavy atom. The molecular formula is C24H42N2O2. The van der Waals surface area contributed by atoms with Crippen molar-refractivity contribution in [1.82, 2.24) is 5.43 Å². The van der Waals surface area contributed by atoms with Gasteiger partial charge in [-0.2, -0.15) is 0 Å². The molecule has 160 valence electrons. The van der Waals surface area contributed by atoms with Crippen molar-refractivity contribution >= 4 is 5.91 Å². The first-order valence-corrected chi connectivity index (χ1v) is 12.0. The van der Waals surface area contributed by atoms with Crippen molar-refractivity contribution in [1.29, 1.82) is 0 Å². The van der Waals surface area contributed by atoms with E-state index in [1.165, 1.54) is 44.9 Å². The maximum Gasteiger partial charge on any atom is 0.233 e.